The summed E-state index contributed by atoms with van der Waals surface area (Å²) in [6.07, 6.45) is 1.68. The Labute approximate surface area is 164 Å². The number of anilines is 4. The van der Waals surface area contributed by atoms with E-state index in [1.165, 1.54) is 0 Å². The zero-order chi connectivity index (χ0) is 20.4. The molecule has 0 bridgehead atoms. The molecule has 28 heavy (non-hydrogen) atoms. The molecule has 0 aliphatic rings. The summed E-state index contributed by atoms with van der Waals surface area (Å²) in [6.45, 7) is 3.82. The molecule has 2 aromatic rings. The van der Waals surface area contributed by atoms with Crippen LogP contribution in [0.25, 0.3) is 0 Å². The molecule has 0 atom stereocenters. The maximum atomic E-state index is 12.1. The van der Waals surface area contributed by atoms with Crippen molar-refractivity contribution in [2.75, 3.05) is 27.8 Å². The van der Waals surface area contributed by atoms with E-state index in [0.29, 0.717) is 24.2 Å². The van der Waals surface area contributed by atoms with Gasteiger partial charge in [0.1, 0.15) is 0 Å². The molecule has 2 rings (SSSR count). The molecule has 3 amide bonds. The summed E-state index contributed by atoms with van der Waals surface area (Å²) in [5, 5.41) is 11.4. The standard InChI is InChI=1S/C21H26N4O3/c1-3-6-20(27)23-16-11-9-15(10-12-16)22-14-21(28)25-18-8-5-7-17(13-18)24-19(26)4-2/h5,7-13,22H,3-4,6,14H2,1-2H3,(H,23,27)(H,24,26)(H,25,28). The first-order chi connectivity index (χ1) is 13.5. The van der Waals surface area contributed by atoms with Crippen molar-refractivity contribution in [3.05, 3.63) is 48.5 Å². The second-order valence-corrected chi connectivity index (χ2v) is 6.26. The first kappa shape index (κ1) is 21.0. The van der Waals surface area contributed by atoms with Gasteiger partial charge in [0.15, 0.2) is 0 Å². The highest BCUT2D eigenvalue weighted by Crippen LogP contribution is 2.16. The molecule has 0 saturated heterocycles. The lowest BCUT2D eigenvalue weighted by atomic mass is 10.2. The Morgan fingerprint density at radius 2 is 1.29 bits per heavy atom. The van der Waals surface area contributed by atoms with Gasteiger partial charge in [0.05, 0.1) is 6.54 Å². The van der Waals surface area contributed by atoms with Gasteiger partial charge in [0.2, 0.25) is 17.7 Å². The third kappa shape index (κ3) is 7.11. The summed E-state index contributed by atoms with van der Waals surface area (Å²) >= 11 is 0. The number of hydrogen-bond donors (Lipinski definition) is 4. The van der Waals surface area contributed by atoms with Crippen molar-refractivity contribution < 1.29 is 14.4 Å². The van der Waals surface area contributed by atoms with E-state index in [2.05, 4.69) is 21.3 Å². The van der Waals surface area contributed by atoms with E-state index >= 15 is 0 Å². The zero-order valence-electron chi connectivity index (χ0n) is 16.2. The van der Waals surface area contributed by atoms with Crippen LogP contribution in [0, 0.1) is 0 Å². The van der Waals surface area contributed by atoms with Crippen LogP contribution in [0.5, 0.6) is 0 Å². The van der Waals surface area contributed by atoms with Crippen LogP contribution in [0.1, 0.15) is 33.1 Å². The summed E-state index contributed by atoms with van der Waals surface area (Å²) in [7, 11) is 0. The zero-order valence-corrected chi connectivity index (χ0v) is 16.2. The monoisotopic (exact) mass is 382 g/mol. The van der Waals surface area contributed by atoms with E-state index < -0.39 is 0 Å². The van der Waals surface area contributed by atoms with Crippen molar-refractivity contribution in [3.8, 4) is 0 Å². The molecular formula is C21H26N4O3. The van der Waals surface area contributed by atoms with Gasteiger partial charge in [-0.15, -0.1) is 0 Å². The van der Waals surface area contributed by atoms with Gasteiger partial charge in [0.25, 0.3) is 0 Å². The van der Waals surface area contributed by atoms with Crippen molar-refractivity contribution in [3.63, 3.8) is 0 Å². The fourth-order valence-corrected chi connectivity index (χ4v) is 2.43. The highest BCUT2D eigenvalue weighted by atomic mass is 16.2. The Bertz CT molecular complexity index is 819. The molecule has 0 saturated carbocycles. The fourth-order valence-electron chi connectivity index (χ4n) is 2.43. The topological polar surface area (TPSA) is 99.3 Å². The van der Waals surface area contributed by atoms with Crippen molar-refractivity contribution in [2.24, 2.45) is 0 Å². The third-order valence-electron chi connectivity index (χ3n) is 3.85. The molecule has 0 aromatic heterocycles. The van der Waals surface area contributed by atoms with E-state index in [9.17, 15) is 14.4 Å². The predicted octanol–water partition coefficient (Wildman–Crippen LogP) is 3.82. The van der Waals surface area contributed by atoms with Crippen LogP contribution >= 0.6 is 0 Å². The highest BCUT2D eigenvalue weighted by Gasteiger charge is 2.05. The lowest BCUT2D eigenvalue weighted by Crippen LogP contribution is -2.21. The quantitative estimate of drug-likeness (QED) is 0.530. The molecule has 148 valence electrons. The summed E-state index contributed by atoms with van der Waals surface area (Å²) in [6, 6.07) is 14.2. The minimum Gasteiger partial charge on any atom is -0.376 e. The molecule has 0 fully saturated rings. The SMILES string of the molecule is CCCC(=O)Nc1ccc(NCC(=O)Nc2cccc(NC(=O)CC)c2)cc1. The number of nitrogens with one attached hydrogen (secondary N) is 4. The summed E-state index contributed by atoms with van der Waals surface area (Å²) in [5.41, 5.74) is 2.74. The van der Waals surface area contributed by atoms with E-state index in [1.54, 1.807) is 55.5 Å². The minimum atomic E-state index is -0.209. The molecular weight excluding hydrogens is 356 g/mol. The summed E-state index contributed by atoms with van der Waals surface area (Å²) < 4.78 is 0. The van der Waals surface area contributed by atoms with Crippen molar-refractivity contribution in [1.82, 2.24) is 0 Å². The van der Waals surface area contributed by atoms with Gasteiger partial charge in [0, 0.05) is 35.6 Å². The second kappa shape index (κ2) is 10.7. The van der Waals surface area contributed by atoms with Crippen molar-refractivity contribution in [1.29, 1.82) is 0 Å². The van der Waals surface area contributed by atoms with Gasteiger partial charge in [-0.1, -0.05) is 19.9 Å². The van der Waals surface area contributed by atoms with Gasteiger partial charge < -0.3 is 21.3 Å². The van der Waals surface area contributed by atoms with Crippen LogP contribution in [0.15, 0.2) is 48.5 Å². The first-order valence-corrected chi connectivity index (χ1v) is 9.33. The Balaban J connectivity index is 1.83. The molecule has 0 spiro atoms. The summed E-state index contributed by atoms with van der Waals surface area (Å²) in [4.78, 5) is 35.2. The van der Waals surface area contributed by atoms with Crippen LogP contribution in [-0.4, -0.2) is 24.3 Å². The van der Waals surface area contributed by atoms with E-state index in [1.807, 2.05) is 6.92 Å². The van der Waals surface area contributed by atoms with Crippen molar-refractivity contribution >= 4 is 40.5 Å². The average Bonchev–Trinajstić information content (AvgIpc) is 2.68. The van der Waals surface area contributed by atoms with Gasteiger partial charge in [-0.05, 0) is 48.9 Å². The Hall–Kier alpha value is -3.35. The van der Waals surface area contributed by atoms with Crippen LogP contribution in [0.2, 0.25) is 0 Å². The first-order valence-electron chi connectivity index (χ1n) is 9.33. The Kier molecular flexibility index (Phi) is 8.02. The largest absolute Gasteiger partial charge is 0.376 e. The van der Waals surface area contributed by atoms with E-state index in [0.717, 1.165) is 17.8 Å². The molecule has 7 nitrogen and oxygen atoms in total. The number of benzene rings is 2. The Morgan fingerprint density at radius 3 is 1.89 bits per heavy atom. The number of hydrogen-bond acceptors (Lipinski definition) is 4. The molecule has 0 unspecified atom stereocenters. The van der Waals surface area contributed by atoms with Crippen molar-refractivity contribution in [2.45, 2.75) is 33.1 Å². The number of rotatable bonds is 9. The second-order valence-electron chi connectivity index (χ2n) is 6.26. The number of amides is 3. The van der Waals surface area contributed by atoms with Gasteiger partial charge >= 0.3 is 0 Å². The lowest BCUT2D eigenvalue weighted by molar-refractivity contribution is -0.116. The smallest absolute Gasteiger partial charge is 0.243 e. The highest BCUT2D eigenvalue weighted by molar-refractivity contribution is 5.96. The molecule has 2 aromatic carbocycles. The fraction of sp³-hybridized carbons (Fsp3) is 0.286. The van der Waals surface area contributed by atoms with Crippen LogP contribution in [0.3, 0.4) is 0 Å². The number of carbonyl (C=O) groups excluding carboxylic acids is 3. The normalized spacial score (nSPS) is 10.1. The summed E-state index contributed by atoms with van der Waals surface area (Å²) in [5.74, 6) is -0.307. The molecule has 0 heterocycles. The molecule has 0 aliphatic heterocycles. The molecule has 0 aliphatic carbocycles. The van der Waals surface area contributed by atoms with Gasteiger partial charge in [-0.2, -0.15) is 0 Å². The lowest BCUT2D eigenvalue weighted by Gasteiger charge is -2.10. The molecule has 0 radical (unpaired) electrons. The van der Waals surface area contributed by atoms with E-state index in [-0.39, 0.29) is 24.3 Å². The van der Waals surface area contributed by atoms with E-state index in [4.69, 9.17) is 0 Å². The molecule has 4 N–H and O–H groups in total. The maximum Gasteiger partial charge on any atom is 0.243 e. The molecule has 7 heteroatoms. The minimum absolute atomic E-state index is 0.0139. The van der Waals surface area contributed by atoms with Crippen LogP contribution in [0.4, 0.5) is 22.7 Å². The predicted molar refractivity (Wildman–Crippen MR) is 112 cm³/mol. The van der Waals surface area contributed by atoms with Crippen LogP contribution < -0.4 is 21.3 Å². The van der Waals surface area contributed by atoms with Gasteiger partial charge in [-0.3, -0.25) is 14.4 Å². The Morgan fingerprint density at radius 1 is 0.714 bits per heavy atom. The average molecular weight is 382 g/mol. The van der Waals surface area contributed by atoms with Gasteiger partial charge in [-0.25, -0.2) is 0 Å². The third-order valence-corrected chi connectivity index (χ3v) is 3.85. The maximum absolute atomic E-state index is 12.1. The van der Waals surface area contributed by atoms with Crippen LogP contribution in [-0.2, 0) is 14.4 Å². The number of carbonyl (C=O) groups is 3.